The van der Waals surface area contributed by atoms with Crippen LogP contribution in [0.3, 0.4) is 0 Å². The van der Waals surface area contributed by atoms with Gasteiger partial charge < -0.3 is 4.74 Å². The second kappa shape index (κ2) is 2.74. The highest BCUT2D eigenvalue weighted by atomic mass is 32.2. The van der Waals surface area contributed by atoms with Crippen LogP contribution in [0.1, 0.15) is 13.3 Å². The maximum atomic E-state index is 5.30. The van der Waals surface area contributed by atoms with Gasteiger partial charge in [0.2, 0.25) is 0 Å². The van der Waals surface area contributed by atoms with Crippen LogP contribution in [-0.4, -0.2) is 19.0 Å². The number of hydrogen-bond acceptors (Lipinski definition) is 2. The van der Waals surface area contributed by atoms with Crippen molar-refractivity contribution in [3.8, 4) is 0 Å². The molecular formula is C6H11OS. The molecule has 1 fully saturated rings. The highest BCUT2D eigenvalue weighted by Crippen LogP contribution is 2.31. The summed E-state index contributed by atoms with van der Waals surface area (Å²) in [4.78, 5) is 0. The van der Waals surface area contributed by atoms with E-state index in [0.717, 1.165) is 13.0 Å². The van der Waals surface area contributed by atoms with Gasteiger partial charge in [-0.05, 0) is 19.6 Å². The van der Waals surface area contributed by atoms with Gasteiger partial charge >= 0.3 is 0 Å². The van der Waals surface area contributed by atoms with E-state index in [9.17, 15) is 0 Å². The molecule has 1 atom stereocenters. The van der Waals surface area contributed by atoms with Crippen LogP contribution in [0.15, 0.2) is 0 Å². The molecule has 1 aliphatic rings. The lowest BCUT2D eigenvalue weighted by Crippen LogP contribution is -2.03. The van der Waals surface area contributed by atoms with Crippen molar-refractivity contribution in [1.29, 1.82) is 0 Å². The second-order valence-electron chi connectivity index (χ2n) is 1.93. The predicted octanol–water partition coefficient (Wildman–Crippen LogP) is 1.69. The van der Waals surface area contributed by atoms with Crippen molar-refractivity contribution in [3.63, 3.8) is 0 Å². The smallest absolute Gasteiger partial charge is 0.0708 e. The van der Waals surface area contributed by atoms with Crippen molar-refractivity contribution in [2.75, 3.05) is 12.9 Å². The summed E-state index contributed by atoms with van der Waals surface area (Å²) < 4.78 is 5.30. The van der Waals surface area contributed by atoms with Gasteiger partial charge in [-0.15, -0.1) is 0 Å². The zero-order valence-electron chi connectivity index (χ0n) is 5.31. The van der Waals surface area contributed by atoms with Gasteiger partial charge in [0.15, 0.2) is 0 Å². The Morgan fingerprint density at radius 1 is 1.75 bits per heavy atom. The van der Waals surface area contributed by atoms with E-state index in [1.165, 1.54) is 5.25 Å². The Bertz CT molecular complexity index is 74.9. The molecule has 0 bridgehead atoms. The summed E-state index contributed by atoms with van der Waals surface area (Å²) in [6.07, 6.45) is 3.67. The Hall–Kier alpha value is 0.310. The molecule has 0 saturated carbocycles. The topological polar surface area (TPSA) is 9.23 Å². The largest absolute Gasteiger partial charge is 0.377 e. The summed E-state index contributed by atoms with van der Waals surface area (Å²) in [6.45, 7) is 3.04. The molecular weight excluding hydrogens is 120 g/mol. The third kappa shape index (κ3) is 1.17. The highest BCUT2D eigenvalue weighted by Gasteiger charge is 2.23. The van der Waals surface area contributed by atoms with Crippen molar-refractivity contribution in [3.05, 3.63) is 5.25 Å². The first kappa shape index (κ1) is 6.43. The van der Waals surface area contributed by atoms with Gasteiger partial charge in [0.25, 0.3) is 0 Å². The minimum absolute atomic E-state index is 0.407. The Kier molecular flexibility index (Phi) is 2.20. The lowest BCUT2D eigenvalue weighted by molar-refractivity contribution is 0.135. The third-order valence-corrected chi connectivity index (χ3v) is 2.49. The van der Waals surface area contributed by atoms with Gasteiger partial charge in [-0.2, -0.15) is 11.8 Å². The summed E-state index contributed by atoms with van der Waals surface area (Å²) in [5, 5.41) is 1.49. The van der Waals surface area contributed by atoms with Crippen LogP contribution < -0.4 is 0 Å². The maximum Gasteiger partial charge on any atom is 0.0708 e. The highest BCUT2D eigenvalue weighted by molar-refractivity contribution is 8.01. The number of thioether (sulfide) groups is 1. The number of rotatable bonds is 1. The second-order valence-corrected chi connectivity index (χ2v) is 2.87. The maximum absolute atomic E-state index is 5.30. The van der Waals surface area contributed by atoms with Crippen molar-refractivity contribution in [2.45, 2.75) is 19.4 Å². The van der Waals surface area contributed by atoms with Crippen molar-refractivity contribution in [2.24, 2.45) is 0 Å². The van der Waals surface area contributed by atoms with Gasteiger partial charge in [0.1, 0.15) is 0 Å². The van der Waals surface area contributed by atoms with Gasteiger partial charge in [-0.25, -0.2) is 0 Å². The van der Waals surface area contributed by atoms with Crippen LogP contribution in [0.4, 0.5) is 0 Å². The molecule has 1 heterocycles. The van der Waals surface area contributed by atoms with Gasteiger partial charge in [0, 0.05) is 6.61 Å². The molecule has 0 aromatic rings. The van der Waals surface area contributed by atoms with Gasteiger partial charge in [0.05, 0.1) is 11.4 Å². The normalized spacial score (nSPS) is 31.5. The third-order valence-electron chi connectivity index (χ3n) is 1.43. The van der Waals surface area contributed by atoms with Crippen LogP contribution in [0.2, 0.25) is 0 Å². The molecule has 47 valence electrons. The van der Waals surface area contributed by atoms with E-state index in [1.54, 1.807) is 0 Å². The molecule has 1 unspecified atom stereocenters. The number of hydrogen-bond donors (Lipinski definition) is 0. The predicted molar refractivity (Wildman–Crippen MR) is 36.8 cm³/mol. The molecule has 1 rings (SSSR count). The van der Waals surface area contributed by atoms with E-state index in [0.29, 0.717) is 6.10 Å². The van der Waals surface area contributed by atoms with E-state index < -0.39 is 0 Å². The Balaban J connectivity index is 2.30. The zero-order chi connectivity index (χ0) is 5.98. The first-order chi connectivity index (χ1) is 3.84. The molecule has 0 aliphatic carbocycles. The van der Waals surface area contributed by atoms with E-state index in [1.807, 2.05) is 11.8 Å². The molecule has 0 aromatic carbocycles. The van der Waals surface area contributed by atoms with Crippen LogP contribution in [0, 0.1) is 5.25 Å². The fraction of sp³-hybridized carbons (Fsp3) is 0.833. The van der Waals surface area contributed by atoms with E-state index in [-0.39, 0.29) is 0 Å². The van der Waals surface area contributed by atoms with Crippen LogP contribution in [0.25, 0.3) is 0 Å². The molecule has 0 amide bonds. The Morgan fingerprint density at radius 3 is 2.75 bits per heavy atom. The quantitative estimate of drug-likeness (QED) is 0.535. The molecule has 8 heavy (non-hydrogen) atoms. The molecule has 1 nitrogen and oxygen atoms in total. The molecule has 0 N–H and O–H groups in total. The van der Waals surface area contributed by atoms with E-state index in [2.05, 4.69) is 13.2 Å². The first-order valence-electron chi connectivity index (χ1n) is 2.86. The fourth-order valence-corrected chi connectivity index (χ4v) is 1.59. The van der Waals surface area contributed by atoms with Crippen LogP contribution >= 0.6 is 11.8 Å². The van der Waals surface area contributed by atoms with Gasteiger partial charge in [-0.3, -0.25) is 0 Å². The Morgan fingerprint density at radius 2 is 2.50 bits per heavy atom. The zero-order valence-corrected chi connectivity index (χ0v) is 6.12. The fourth-order valence-electron chi connectivity index (χ4n) is 0.901. The minimum atomic E-state index is 0.407. The average Bonchev–Trinajstić information content (AvgIpc) is 2.14. The number of ether oxygens (including phenoxy) is 1. The van der Waals surface area contributed by atoms with Crippen LogP contribution in [-0.2, 0) is 4.74 Å². The molecule has 1 aliphatic heterocycles. The van der Waals surface area contributed by atoms with Crippen molar-refractivity contribution in [1.82, 2.24) is 0 Å². The minimum Gasteiger partial charge on any atom is -0.377 e. The summed E-state index contributed by atoms with van der Waals surface area (Å²) in [5.41, 5.74) is 0. The van der Waals surface area contributed by atoms with E-state index in [4.69, 9.17) is 4.74 Å². The summed E-state index contributed by atoms with van der Waals surface area (Å²) >= 11 is 1.83. The standard InChI is InChI=1S/C6H11OS/c1-5-6(8-2)3-4-7-5/h5H,3-4H2,1-2H3. The lowest BCUT2D eigenvalue weighted by atomic mass is 10.3. The average molecular weight is 131 g/mol. The van der Waals surface area contributed by atoms with Crippen molar-refractivity contribution >= 4 is 11.8 Å². The lowest BCUT2D eigenvalue weighted by Gasteiger charge is -2.07. The summed E-state index contributed by atoms with van der Waals surface area (Å²) in [6, 6.07) is 0. The first-order valence-corrected chi connectivity index (χ1v) is 4.08. The molecule has 1 saturated heterocycles. The molecule has 0 aromatic heterocycles. The van der Waals surface area contributed by atoms with Gasteiger partial charge in [-0.1, -0.05) is 0 Å². The Labute approximate surface area is 54.8 Å². The van der Waals surface area contributed by atoms with E-state index >= 15 is 0 Å². The molecule has 0 spiro atoms. The summed E-state index contributed by atoms with van der Waals surface area (Å²) in [5.74, 6) is 0. The SMILES string of the molecule is CS[C]1CCOC1C. The van der Waals surface area contributed by atoms with Crippen LogP contribution in [0.5, 0.6) is 0 Å². The van der Waals surface area contributed by atoms with Crippen molar-refractivity contribution < 1.29 is 4.74 Å². The monoisotopic (exact) mass is 131 g/mol. The molecule has 2 heteroatoms. The molecule has 1 radical (unpaired) electrons. The summed E-state index contributed by atoms with van der Waals surface area (Å²) in [7, 11) is 0.